The number of phenolic OH excluding ortho intramolecular Hbond substituents is 1. The molecule has 0 radical (unpaired) electrons. The summed E-state index contributed by atoms with van der Waals surface area (Å²) >= 11 is 0. The first-order valence-corrected chi connectivity index (χ1v) is 5.59. The summed E-state index contributed by atoms with van der Waals surface area (Å²) in [6, 6.07) is 5.27. The van der Waals surface area contributed by atoms with Crippen molar-refractivity contribution in [3.63, 3.8) is 0 Å². The highest BCUT2D eigenvalue weighted by Crippen LogP contribution is 2.28. The normalized spacial score (nSPS) is 14.4. The second-order valence-corrected chi connectivity index (χ2v) is 4.09. The third kappa shape index (κ3) is 3.35. The highest BCUT2D eigenvalue weighted by atomic mass is 16.5. The molecule has 1 saturated carbocycles. The number of hydrogen-bond donors (Lipinski definition) is 3. The van der Waals surface area contributed by atoms with Gasteiger partial charge in [-0.2, -0.15) is 0 Å². The largest absolute Gasteiger partial charge is 0.504 e. The van der Waals surface area contributed by atoms with Crippen molar-refractivity contribution in [1.82, 2.24) is 5.32 Å². The molecule has 5 heteroatoms. The van der Waals surface area contributed by atoms with Crippen molar-refractivity contribution >= 4 is 11.6 Å². The van der Waals surface area contributed by atoms with Gasteiger partial charge in [-0.15, -0.1) is 0 Å². The van der Waals surface area contributed by atoms with Gasteiger partial charge in [-0.25, -0.2) is 0 Å². The summed E-state index contributed by atoms with van der Waals surface area (Å²) in [6.45, 7) is 0.303. The summed E-state index contributed by atoms with van der Waals surface area (Å²) in [5.74, 6) is 0.293. The smallest absolute Gasteiger partial charge is 0.238 e. The molecule has 0 saturated heterocycles. The molecule has 2 rings (SSSR count). The minimum absolute atomic E-state index is 0.0143. The number of rotatable bonds is 5. The molecule has 0 aliphatic heterocycles. The van der Waals surface area contributed by atoms with Crippen LogP contribution in [0.1, 0.15) is 12.8 Å². The van der Waals surface area contributed by atoms with Gasteiger partial charge in [-0.05, 0) is 25.0 Å². The van der Waals surface area contributed by atoms with Gasteiger partial charge in [-0.1, -0.05) is 0 Å². The molecule has 1 aromatic carbocycles. The molecule has 1 aliphatic carbocycles. The Morgan fingerprint density at radius 3 is 2.88 bits per heavy atom. The van der Waals surface area contributed by atoms with E-state index in [2.05, 4.69) is 10.6 Å². The van der Waals surface area contributed by atoms with E-state index in [1.165, 1.54) is 13.2 Å². The number of hydrogen-bond acceptors (Lipinski definition) is 4. The molecule has 0 spiro atoms. The standard InChI is InChI=1S/C12H16N2O3/c1-17-11-5-4-9(6-10(11)15)14-12(16)7-13-8-2-3-8/h4-6,8,13,15H,2-3,7H2,1H3,(H,14,16). The molecule has 5 nitrogen and oxygen atoms in total. The highest BCUT2D eigenvalue weighted by molar-refractivity contribution is 5.92. The van der Waals surface area contributed by atoms with Crippen LogP contribution in [0.2, 0.25) is 0 Å². The fourth-order valence-corrected chi connectivity index (χ4v) is 1.50. The van der Waals surface area contributed by atoms with Crippen molar-refractivity contribution in [2.45, 2.75) is 18.9 Å². The van der Waals surface area contributed by atoms with Gasteiger partial charge in [0.1, 0.15) is 0 Å². The maximum Gasteiger partial charge on any atom is 0.238 e. The van der Waals surface area contributed by atoms with Crippen molar-refractivity contribution in [2.24, 2.45) is 0 Å². The van der Waals surface area contributed by atoms with E-state index in [1.54, 1.807) is 12.1 Å². The van der Waals surface area contributed by atoms with Crippen LogP contribution in [0, 0.1) is 0 Å². The Hall–Kier alpha value is -1.75. The van der Waals surface area contributed by atoms with Crippen LogP contribution in [0.25, 0.3) is 0 Å². The number of nitrogens with one attached hydrogen (secondary N) is 2. The number of aromatic hydroxyl groups is 1. The number of ether oxygens (including phenoxy) is 1. The van der Waals surface area contributed by atoms with Crippen LogP contribution in [-0.2, 0) is 4.79 Å². The van der Waals surface area contributed by atoms with E-state index < -0.39 is 0 Å². The Morgan fingerprint density at radius 1 is 1.53 bits per heavy atom. The molecular formula is C12H16N2O3. The van der Waals surface area contributed by atoms with Crippen LogP contribution in [0.4, 0.5) is 5.69 Å². The fourth-order valence-electron chi connectivity index (χ4n) is 1.50. The number of benzene rings is 1. The summed E-state index contributed by atoms with van der Waals surface area (Å²) < 4.78 is 4.92. The van der Waals surface area contributed by atoms with E-state index in [4.69, 9.17) is 4.74 Å². The molecule has 0 aromatic heterocycles. The van der Waals surface area contributed by atoms with Crippen molar-refractivity contribution in [1.29, 1.82) is 0 Å². The van der Waals surface area contributed by atoms with Crippen LogP contribution < -0.4 is 15.4 Å². The Kier molecular flexibility index (Phi) is 3.49. The minimum Gasteiger partial charge on any atom is -0.504 e. The molecule has 1 aliphatic rings. The zero-order valence-electron chi connectivity index (χ0n) is 9.69. The number of carbonyl (C=O) groups excluding carboxylic acids is 1. The predicted molar refractivity (Wildman–Crippen MR) is 64.3 cm³/mol. The Balaban J connectivity index is 1.88. The van der Waals surface area contributed by atoms with Gasteiger partial charge in [-0.3, -0.25) is 4.79 Å². The van der Waals surface area contributed by atoms with E-state index in [9.17, 15) is 9.90 Å². The lowest BCUT2D eigenvalue weighted by molar-refractivity contribution is -0.115. The molecule has 0 unspecified atom stereocenters. The molecule has 1 aromatic rings. The zero-order valence-corrected chi connectivity index (χ0v) is 9.69. The topological polar surface area (TPSA) is 70.6 Å². The number of carbonyl (C=O) groups is 1. The monoisotopic (exact) mass is 236 g/mol. The van der Waals surface area contributed by atoms with Crippen LogP contribution >= 0.6 is 0 Å². The van der Waals surface area contributed by atoms with E-state index in [-0.39, 0.29) is 11.7 Å². The fraction of sp³-hybridized carbons (Fsp3) is 0.417. The first-order chi connectivity index (χ1) is 8.19. The molecule has 0 heterocycles. The number of anilines is 1. The SMILES string of the molecule is COc1ccc(NC(=O)CNC2CC2)cc1O. The summed E-state index contributed by atoms with van der Waals surface area (Å²) in [4.78, 5) is 11.5. The van der Waals surface area contributed by atoms with E-state index in [1.807, 2.05) is 0 Å². The lowest BCUT2D eigenvalue weighted by Gasteiger charge is -2.08. The molecule has 92 valence electrons. The minimum atomic E-state index is -0.110. The van der Waals surface area contributed by atoms with Crippen molar-refractivity contribution in [2.75, 3.05) is 19.0 Å². The first-order valence-electron chi connectivity index (χ1n) is 5.59. The highest BCUT2D eigenvalue weighted by Gasteiger charge is 2.21. The summed E-state index contributed by atoms with van der Waals surface area (Å²) in [6.07, 6.45) is 2.30. The molecular weight excluding hydrogens is 220 g/mol. The molecule has 1 fully saturated rings. The molecule has 0 atom stereocenters. The lowest BCUT2D eigenvalue weighted by Crippen LogP contribution is -2.29. The Morgan fingerprint density at radius 2 is 2.29 bits per heavy atom. The Labute approximate surface area is 99.8 Å². The average Bonchev–Trinajstić information content (AvgIpc) is 3.10. The van der Waals surface area contributed by atoms with E-state index >= 15 is 0 Å². The summed E-state index contributed by atoms with van der Waals surface area (Å²) in [7, 11) is 1.48. The van der Waals surface area contributed by atoms with Gasteiger partial charge in [0.2, 0.25) is 5.91 Å². The molecule has 1 amide bonds. The van der Waals surface area contributed by atoms with Gasteiger partial charge in [0.15, 0.2) is 11.5 Å². The maximum absolute atomic E-state index is 11.5. The second-order valence-electron chi connectivity index (χ2n) is 4.09. The van der Waals surface area contributed by atoms with Gasteiger partial charge >= 0.3 is 0 Å². The number of methoxy groups -OCH3 is 1. The van der Waals surface area contributed by atoms with Crippen molar-refractivity contribution in [3.05, 3.63) is 18.2 Å². The predicted octanol–water partition coefficient (Wildman–Crippen LogP) is 1.09. The average molecular weight is 236 g/mol. The van der Waals surface area contributed by atoms with Crippen LogP contribution in [-0.4, -0.2) is 30.7 Å². The van der Waals surface area contributed by atoms with Gasteiger partial charge in [0.05, 0.1) is 13.7 Å². The van der Waals surface area contributed by atoms with Gasteiger partial charge in [0.25, 0.3) is 0 Å². The van der Waals surface area contributed by atoms with Crippen molar-refractivity contribution in [3.8, 4) is 11.5 Å². The van der Waals surface area contributed by atoms with Crippen LogP contribution in [0.5, 0.6) is 11.5 Å². The van der Waals surface area contributed by atoms with E-state index in [0.29, 0.717) is 24.0 Å². The number of amides is 1. The van der Waals surface area contributed by atoms with E-state index in [0.717, 1.165) is 12.8 Å². The second kappa shape index (κ2) is 5.05. The van der Waals surface area contributed by atoms with Gasteiger partial charge < -0.3 is 20.5 Å². The zero-order chi connectivity index (χ0) is 12.3. The summed E-state index contributed by atoms with van der Waals surface area (Å²) in [5.41, 5.74) is 0.561. The third-order valence-corrected chi connectivity index (χ3v) is 2.59. The third-order valence-electron chi connectivity index (χ3n) is 2.59. The van der Waals surface area contributed by atoms with Crippen molar-refractivity contribution < 1.29 is 14.6 Å². The van der Waals surface area contributed by atoms with Crippen LogP contribution in [0.3, 0.4) is 0 Å². The maximum atomic E-state index is 11.5. The summed E-state index contributed by atoms with van der Waals surface area (Å²) in [5, 5.41) is 15.4. The molecule has 17 heavy (non-hydrogen) atoms. The first kappa shape index (κ1) is 11.7. The Bertz CT molecular complexity index is 416. The molecule has 0 bridgehead atoms. The molecule has 3 N–H and O–H groups in total. The lowest BCUT2D eigenvalue weighted by atomic mass is 10.2. The van der Waals surface area contributed by atoms with Gasteiger partial charge in [0, 0.05) is 17.8 Å². The van der Waals surface area contributed by atoms with Crippen LogP contribution in [0.15, 0.2) is 18.2 Å². The number of phenols is 1. The quantitative estimate of drug-likeness (QED) is 0.715.